The minimum absolute atomic E-state index is 0.407. The minimum Gasteiger partial charge on any atom is -0.497 e. The first-order chi connectivity index (χ1) is 14.1. The van der Waals surface area contributed by atoms with Crippen molar-refractivity contribution in [3.05, 3.63) is 65.3 Å². The third-order valence-corrected chi connectivity index (χ3v) is 5.40. The van der Waals surface area contributed by atoms with Gasteiger partial charge >= 0.3 is 5.97 Å². The summed E-state index contributed by atoms with van der Waals surface area (Å²) < 4.78 is 10.2. The number of anilines is 2. The first-order valence-corrected chi connectivity index (χ1v) is 9.83. The number of fused-ring (bicyclic) bond motifs is 1. The van der Waals surface area contributed by atoms with Crippen molar-refractivity contribution in [1.82, 2.24) is 9.97 Å². The predicted octanol–water partition coefficient (Wildman–Crippen LogP) is 5.21. The highest BCUT2D eigenvalue weighted by molar-refractivity contribution is 7.17. The van der Waals surface area contributed by atoms with Crippen molar-refractivity contribution in [3.8, 4) is 16.9 Å². The van der Waals surface area contributed by atoms with Crippen molar-refractivity contribution >= 4 is 39.0 Å². The van der Waals surface area contributed by atoms with Crippen molar-refractivity contribution in [2.24, 2.45) is 0 Å². The Kier molecular flexibility index (Phi) is 5.14. The number of esters is 1. The molecule has 0 saturated heterocycles. The van der Waals surface area contributed by atoms with Crippen molar-refractivity contribution in [2.75, 3.05) is 19.5 Å². The van der Waals surface area contributed by atoms with E-state index in [1.54, 1.807) is 30.6 Å². The van der Waals surface area contributed by atoms with Gasteiger partial charge in [0.2, 0.25) is 0 Å². The number of carbonyl (C=O) groups is 1. The van der Waals surface area contributed by atoms with Gasteiger partial charge in [0.1, 0.15) is 22.2 Å². The van der Waals surface area contributed by atoms with E-state index in [0.29, 0.717) is 22.9 Å². The van der Waals surface area contributed by atoms with Gasteiger partial charge in [-0.3, -0.25) is 0 Å². The molecule has 0 saturated carbocycles. The molecule has 29 heavy (non-hydrogen) atoms. The number of carbonyl (C=O) groups excluding carboxylic acids is 1. The molecule has 2 aromatic carbocycles. The number of nitrogens with zero attached hydrogens (tertiary/aromatic N) is 2. The lowest BCUT2D eigenvalue weighted by Crippen LogP contribution is -2.06. The van der Waals surface area contributed by atoms with Crippen LogP contribution in [-0.2, 0) is 4.74 Å². The van der Waals surface area contributed by atoms with Crippen molar-refractivity contribution < 1.29 is 14.3 Å². The molecule has 6 nitrogen and oxygen atoms in total. The summed E-state index contributed by atoms with van der Waals surface area (Å²) in [6, 6.07) is 15.1. The third-order valence-electron chi connectivity index (χ3n) is 4.53. The summed E-state index contributed by atoms with van der Waals surface area (Å²) in [6.07, 6.45) is 0. The number of benzene rings is 2. The fraction of sp³-hybridized carbons (Fsp3) is 0.136. The van der Waals surface area contributed by atoms with Crippen LogP contribution in [0.15, 0.2) is 53.9 Å². The number of nitrogens with one attached hydrogen (secondary N) is 1. The molecule has 0 amide bonds. The van der Waals surface area contributed by atoms with Crippen molar-refractivity contribution in [2.45, 2.75) is 6.92 Å². The zero-order valence-corrected chi connectivity index (χ0v) is 17.0. The van der Waals surface area contributed by atoms with Crippen LogP contribution in [0.4, 0.5) is 11.5 Å². The van der Waals surface area contributed by atoms with Crippen LogP contribution in [0.3, 0.4) is 0 Å². The van der Waals surface area contributed by atoms with Gasteiger partial charge in [0.05, 0.1) is 30.9 Å². The second kappa shape index (κ2) is 7.89. The molecule has 4 rings (SSSR count). The molecule has 146 valence electrons. The second-order valence-corrected chi connectivity index (χ2v) is 7.20. The van der Waals surface area contributed by atoms with Gasteiger partial charge in [-0.1, -0.05) is 24.3 Å². The summed E-state index contributed by atoms with van der Waals surface area (Å²) in [6.45, 7) is 1.85. The average Bonchev–Trinajstić information content (AvgIpc) is 3.17. The Hall–Kier alpha value is -3.45. The molecule has 0 atom stereocenters. The van der Waals surface area contributed by atoms with Gasteiger partial charge in [-0.05, 0) is 36.8 Å². The van der Waals surface area contributed by atoms with E-state index in [0.717, 1.165) is 27.1 Å². The number of thiophene rings is 1. The first-order valence-electron chi connectivity index (χ1n) is 8.95. The smallest absolute Gasteiger partial charge is 0.339 e. The van der Waals surface area contributed by atoms with E-state index >= 15 is 0 Å². The highest BCUT2D eigenvalue weighted by Gasteiger charge is 2.17. The molecule has 0 aliphatic rings. The lowest BCUT2D eigenvalue weighted by molar-refractivity contribution is 0.0602. The van der Waals surface area contributed by atoms with Crippen LogP contribution in [0, 0.1) is 6.92 Å². The maximum atomic E-state index is 12.1. The quantitative estimate of drug-likeness (QED) is 0.460. The number of aromatic nitrogens is 2. The van der Waals surface area contributed by atoms with Crippen LogP contribution in [0.5, 0.6) is 5.75 Å². The maximum Gasteiger partial charge on any atom is 0.339 e. The maximum absolute atomic E-state index is 12.1. The molecule has 0 radical (unpaired) electrons. The van der Waals surface area contributed by atoms with E-state index in [9.17, 15) is 4.79 Å². The highest BCUT2D eigenvalue weighted by atomic mass is 32.1. The van der Waals surface area contributed by atoms with Gasteiger partial charge in [0.25, 0.3) is 0 Å². The monoisotopic (exact) mass is 405 g/mol. The van der Waals surface area contributed by atoms with E-state index in [4.69, 9.17) is 9.47 Å². The van der Waals surface area contributed by atoms with Crippen molar-refractivity contribution in [1.29, 1.82) is 0 Å². The van der Waals surface area contributed by atoms with Gasteiger partial charge in [0.15, 0.2) is 0 Å². The fourth-order valence-corrected chi connectivity index (χ4v) is 4.12. The fourth-order valence-electron chi connectivity index (χ4n) is 3.13. The normalized spacial score (nSPS) is 10.7. The molecular weight excluding hydrogens is 386 g/mol. The molecule has 0 aliphatic carbocycles. The van der Waals surface area contributed by atoms with Gasteiger partial charge in [-0.2, -0.15) is 0 Å². The number of ether oxygens (including phenoxy) is 2. The summed E-state index contributed by atoms with van der Waals surface area (Å²) in [5.41, 5.74) is 3.13. The topological polar surface area (TPSA) is 73.3 Å². The van der Waals surface area contributed by atoms with Crippen LogP contribution in [0.2, 0.25) is 0 Å². The lowest BCUT2D eigenvalue weighted by Gasteiger charge is -2.12. The van der Waals surface area contributed by atoms with Crippen LogP contribution in [0.1, 0.15) is 16.2 Å². The zero-order valence-electron chi connectivity index (χ0n) is 16.2. The molecule has 0 fully saturated rings. The Morgan fingerprint density at radius 3 is 2.52 bits per heavy atom. The number of hydrogen-bond donors (Lipinski definition) is 1. The second-order valence-electron chi connectivity index (χ2n) is 6.34. The molecule has 1 N–H and O–H groups in total. The number of aryl methyl sites for hydroxylation is 1. The van der Waals surface area contributed by atoms with Gasteiger partial charge in [-0.15, -0.1) is 11.3 Å². The zero-order chi connectivity index (χ0) is 20.4. The van der Waals surface area contributed by atoms with Crippen LogP contribution < -0.4 is 10.1 Å². The molecule has 4 aromatic rings. The van der Waals surface area contributed by atoms with Gasteiger partial charge in [-0.25, -0.2) is 14.8 Å². The molecule has 0 aliphatic heterocycles. The molecule has 0 spiro atoms. The van der Waals surface area contributed by atoms with Crippen LogP contribution in [0.25, 0.3) is 21.3 Å². The summed E-state index contributed by atoms with van der Waals surface area (Å²) >= 11 is 1.56. The van der Waals surface area contributed by atoms with Gasteiger partial charge in [0, 0.05) is 10.9 Å². The summed E-state index contributed by atoms with van der Waals surface area (Å²) in [5.74, 6) is 1.69. The Bertz CT molecular complexity index is 1190. The van der Waals surface area contributed by atoms with E-state index in [1.165, 1.54) is 7.11 Å². The molecule has 0 unspecified atom stereocenters. The van der Waals surface area contributed by atoms with Crippen molar-refractivity contribution in [3.63, 3.8) is 0 Å². The highest BCUT2D eigenvalue weighted by Crippen LogP contribution is 2.38. The first kappa shape index (κ1) is 18.9. The Morgan fingerprint density at radius 1 is 1.03 bits per heavy atom. The number of hydrogen-bond acceptors (Lipinski definition) is 7. The van der Waals surface area contributed by atoms with E-state index in [1.807, 2.05) is 43.3 Å². The van der Waals surface area contributed by atoms with Gasteiger partial charge < -0.3 is 14.8 Å². The average molecular weight is 405 g/mol. The summed E-state index contributed by atoms with van der Waals surface area (Å²) in [7, 11) is 3.01. The SMILES string of the molecule is COC(=O)c1ccccc1Nc1nc(C)nc2scc(-c3ccc(OC)cc3)c12. The van der Waals surface area contributed by atoms with E-state index < -0.39 is 5.97 Å². The Balaban J connectivity index is 1.85. The Morgan fingerprint density at radius 2 is 1.79 bits per heavy atom. The van der Waals surface area contributed by atoms with Crippen LogP contribution >= 0.6 is 11.3 Å². The predicted molar refractivity (Wildman–Crippen MR) is 115 cm³/mol. The van der Waals surface area contributed by atoms with Crippen LogP contribution in [-0.4, -0.2) is 30.2 Å². The molecule has 0 bridgehead atoms. The Labute approximate surface area is 172 Å². The molecule has 2 aromatic heterocycles. The largest absolute Gasteiger partial charge is 0.497 e. The lowest BCUT2D eigenvalue weighted by atomic mass is 10.1. The summed E-state index contributed by atoms with van der Waals surface area (Å²) in [5, 5.41) is 6.30. The molecule has 2 heterocycles. The molecule has 7 heteroatoms. The standard InChI is InChI=1S/C22H19N3O3S/c1-13-23-20(25-18-7-5-4-6-16(18)22(26)28-3)19-17(12-29-21(19)24-13)14-8-10-15(27-2)11-9-14/h4-12H,1-3H3,(H,23,24,25). The number of rotatable bonds is 5. The third kappa shape index (κ3) is 3.64. The summed E-state index contributed by atoms with van der Waals surface area (Å²) in [4.78, 5) is 22.2. The number of para-hydroxylation sites is 1. The van der Waals surface area contributed by atoms with E-state index in [-0.39, 0.29) is 0 Å². The molecular formula is C22H19N3O3S. The van der Waals surface area contributed by atoms with E-state index in [2.05, 4.69) is 20.7 Å². The minimum atomic E-state index is -0.407. The number of methoxy groups -OCH3 is 2.